The SMILES string of the molecule is CC(=N/C=C(\C)Cl)Sc1ocnc1C(=O)O. The highest BCUT2D eigenvalue weighted by Gasteiger charge is 2.16. The Hall–Kier alpha value is -1.27. The molecule has 0 radical (unpaired) electrons. The van der Waals surface area contributed by atoms with Gasteiger partial charge in [0.15, 0.2) is 6.39 Å². The van der Waals surface area contributed by atoms with Crippen LogP contribution in [-0.2, 0) is 0 Å². The number of rotatable bonds is 3. The molecule has 0 atom stereocenters. The van der Waals surface area contributed by atoms with Gasteiger partial charge >= 0.3 is 5.97 Å². The van der Waals surface area contributed by atoms with Gasteiger partial charge in [-0.05, 0) is 25.6 Å². The first-order valence-electron chi connectivity index (χ1n) is 4.22. The van der Waals surface area contributed by atoms with Crippen molar-refractivity contribution >= 4 is 34.4 Å². The molecule has 0 aliphatic carbocycles. The molecule has 0 aromatic carbocycles. The van der Waals surface area contributed by atoms with E-state index < -0.39 is 5.97 Å². The molecule has 7 heteroatoms. The normalized spacial score (nSPS) is 12.9. The lowest BCUT2D eigenvalue weighted by molar-refractivity contribution is 0.0685. The first-order chi connectivity index (χ1) is 7.50. The topological polar surface area (TPSA) is 75.7 Å². The molecular weight excluding hydrogens is 252 g/mol. The van der Waals surface area contributed by atoms with E-state index >= 15 is 0 Å². The monoisotopic (exact) mass is 260 g/mol. The van der Waals surface area contributed by atoms with Crippen LogP contribution >= 0.6 is 23.4 Å². The maximum Gasteiger partial charge on any atom is 0.359 e. The predicted octanol–water partition coefficient (Wildman–Crippen LogP) is 2.98. The Morgan fingerprint density at radius 1 is 1.69 bits per heavy atom. The Bertz CT molecular complexity index is 449. The molecule has 86 valence electrons. The second-order valence-corrected chi connectivity index (χ2v) is 4.52. The Labute approximate surface area is 101 Å². The lowest BCUT2D eigenvalue weighted by Crippen LogP contribution is -1.98. The summed E-state index contributed by atoms with van der Waals surface area (Å²) in [6.45, 7) is 3.41. The summed E-state index contributed by atoms with van der Waals surface area (Å²) in [4.78, 5) is 18.3. The van der Waals surface area contributed by atoms with Crippen molar-refractivity contribution in [3.8, 4) is 0 Å². The van der Waals surface area contributed by atoms with Crippen molar-refractivity contribution in [2.45, 2.75) is 18.9 Å². The standard InChI is InChI=1S/C9H9ClN2O3S/c1-5(10)3-11-6(2)16-9-7(8(13)14)12-4-15-9/h3-4H,1-2H3,(H,13,14)/b5-3+,11-6?. The number of aliphatic imine (C=N–C) groups is 1. The third-order valence-electron chi connectivity index (χ3n) is 1.40. The lowest BCUT2D eigenvalue weighted by Gasteiger charge is -1.95. The highest BCUT2D eigenvalue weighted by Crippen LogP contribution is 2.23. The number of hydrogen-bond acceptors (Lipinski definition) is 5. The van der Waals surface area contributed by atoms with Gasteiger partial charge in [-0.25, -0.2) is 9.78 Å². The van der Waals surface area contributed by atoms with Gasteiger partial charge in [0, 0.05) is 11.2 Å². The van der Waals surface area contributed by atoms with Crippen LogP contribution in [0.2, 0.25) is 0 Å². The zero-order chi connectivity index (χ0) is 12.1. The molecule has 0 unspecified atom stereocenters. The molecule has 0 fully saturated rings. The van der Waals surface area contributed by atoms with E-state index in [4.69, 9.17) is 21.1 Å². The van der Waals surface area contributed by atoms with Crippen LogP contribution in [0.25, 0.3) is 0 Å². The number of thioether (sulfide) groups is 1. The molecule has 1 heterocycles. The van der Waals surface area contributed by atoms with Crippen LogP contribution in [0.5, 0.6) is 0 Å². The fraction of sp³-hybridized carbons (Fsp3) is 0.222. The van der Waals surface area contributed by atoms with Crippen molar-refractivity contribution in [2.75, 3.05) is 0 Å². The van der Waals surface area contributed by atoms with Crippen LogP contribution in [0.3, 0.4) is 0 Å². The Kier molecular flexibility index (Phi) is 4.57. The van der Waals surface area contributed by atoms with Crippen LogP contribution in [0.15, 0.2) is 32.1 Å². The van der Waals surface area contributed by atoms with Crippen LogP contribution in [-0.4, -0.2) is 21.1 Å². The van der Waals surface area contributed by atoms with Crippen LogP contribution in [0, 0.1) is 0 Å². The molecule has 1 rings (SSSR count). The number of aromatic nitrogens is 1. The molecule has 1 aromatic heterocycles. The number of carbonyl (C=O) groups is 1. The van der Waals surface area contributed by atoms with Crippen LogP contribution in [0.1, 0.15) is 24.3 Å². The molecule has 0 bridgehead atoms. The summed E-state index contributed by atoms with van der Waals surface area (Å²) in [5.41, 5.74) is -0.119. The van der Waals surface area contributed by atoms with E-state index in [9.17, 15) is 4.79 Å². The first kappa shape index (κ1) is 12.8. The van der Waals surface area contributed by atoms with Gasteiger partial charge in [0.1, 0.15) is 0 Å². The van der Waals surface area contributed by atoms with Crippen molar-refractivity contribution < 1.29 is 14.3 Å². The summed E-state index contributed by atoms with van der Waals surface area (Å²) in [6.07, 6.45) is 2.56. The molecule has 0 aliphatic heterocycles. The summed E-state index contributed by atoms with van der Waals surface area (Å²) in [7, 11) is 0. The van der Waals surface area contributed by atoms with Crippen molar-refractivity contribution in [1.29, 1.82) is 0 Å². The molecule has 0 saturated carbocycles. The van der Waals surface area contributed by atoms with E-state index in [1.165, 1.54) is 6.20 Å². The molecule has 0 saturated heterocycles. The Morgan fingerprint density at radius 2 is 2.38 bits per heavy atom. The fourth-order valence-electron chi connectivity index (χ4n) is 0.791. The van der Waals surface area contributed by atoms with Gasteiger partial charge in [-0.3, -0.25) is 4.99 Å². The predicted molar refractivity (Wildman–Crippen MR) is 62.0 cm³/mol. The van der Waals surface area contributed by atoms with Gasteiger partial charge in [-0.15, -0.1) is 0 Å². The quantitative estimate of drug-likeness (QED) is 0.514. The molecule has 1 N–H and O–H groups in total. The molecule has 16 heavy (non-hydrogen) atoms. The van der Waals surface area contributed by atoms with Gasteiger partial charge in [-0.1, -0.05) is 11.6 Å². The summed E-state index contributed by atoms with van der Waals surface area (Å²) in [5.74, 6) is -1.13. The molecular formula is C9H9ClN2O3S. The Balaban J connectivity index is 2.81. The molecule has 0 amide bonds. The van der Waals surface area contributed by atoms with E-state index in [0.717, 1.165) is 18.2 Å². The number of oxazole rings is 1. The highest BCUT2D eigenvalue weighted by atomic mass is 35.5. The van der Waals surface area contributed by atoms with Crippen molar-refractivity contribution in [3.05, 3.63) is 23.3 Å². The van der Waals surface area contributed by atoms with Crippen LogP contribution in [0.4, 0.5) is 0 Å². The molecule has 0 spiro atoms. The largest absolute Gasteiger partial charge is 0.476 e. The second-order valence-electron chi connectivity index (χ2n) is 2.76. The van der Waals surface area contributed by atoms with Gasteiger partial charge in [0.25, 0.3) is 0 Å². The second kappa shape index (κ2) is 5.72. The van der Waals surface area contributed by atoms with E-state index in [1.807, 2.05) is 0 Å². The minimum absolute atomic E-state index is 0.119. The third kappa shape index (κ3) is 3.71. The smallest absolute Gasteiger partial charge is 0.359 e. The minimum Gasteiger partial charge on any atom is -0.476 e. The fourth-order valence-corrected chi connectivity index (χ4v) is 1.54. The van der Waals surface area contributed by atoms with E-state index in [2.05, 4.69) is 9.98 Å². The highest BCUT2D eigenvalue weighted by molar-refractivity contribution is 8.13. The summed E-state index contributed by atoms with van der Waals surface area (Å²) >= 11 is 6.68. The maximum absolute atomic E-state index is 10.7. The van der Waals surface area contributed by atoms with Crippen molar-refractivity contribution in [1.82, 2.24) is 4.98 Å². The van der Waals surface area contributed by atoms with Gasteiger partial charge in [0.05, 0.1) is 5.04 Å². The van der Waals surface area contributed by atoms with Gasteiger partial charge in [-0.2, -0.15) is 0 Å². The zero-order valence-electron chi connectivity index (χ0n) is 8.60. The number of halogens is 1. The van der Waals surface area contributed by atoms with Gasteiger partial charge < -0.3 is 9.52 Å². The van der Waals surface area contributed by atoms with E-state index in [1.54, 1.807) is 13.8 Å². The number of aromatic carboxylic acids is 1. The van der Waals surface area contributed by atoms with Gasteiger partial charge in [0.2, 0.25) is 10.8 Å². The zero-order valence-corrected chi connectivity index (χ0v) is 10.2. The Morgan fingerprint density at radius 3 is 2.94 bits per heavy atom. The number of carboxylic acid groups (broad SMARTS) is 1. The molecule has 5 nitrogen and oxygen atoms in total. The van der Waals surface area contributed by atoms with E-state index in [-0.39, 0.29) is 10.8 Å². The molecule has 0 aliphatic rings. The summed E-state index contributed by atoms with van der Waals surface area (Å²) < 4.78 is 4.94. The maximum atomic E-state index is 10.7. The van der Waals surface area contributed by atoms with Crippen molar-refractivity contribution in [3.63, 3.8) is 0 Å². The lowest BCUT2D eigenvalue weighted by atomic mass is 10.5. The summed E-state index contributed by atoms with van der Waals surface area (Å²) in [6, 6.07) is 0. The average Bonchev–Trinajstić information content (AvgIpc) is 2.62. The van der Waals surface area contributed by atoms with Crippen molar-refractivity contribution in [2.24, 2.45) is 4.99 Å². The average molecular weight is 261 g/mol. The number of nitrogens with zero attached hydrogens (tertiary/aromatic N) is 2. The number of hydrogen-bond donors (Lipinski definition) is 1. The molecule has 1 aromatic rings. The van der Waals surface area contributed by atoms with E-state index in [0.29, 0.717) is 10.1 Å². The number of carboxylic acids is 1. The third-order valence-corrected chi connectivity index (χ3v) is 2.38. The minimum atomic E-state index is -1.13. The number of allylic oxidation sites excluding steroid dienone is 1. The van der Waals surface area contributed by atoms with Crippen LogP contribution < -0.4 is 0 Å². The first-order valence-corrected chi connectivity index (χ1v) is 5.41. The summed E-state index contributed by atoms with van der Waals surface area (Å²) in [5, 5.41) is 10.1.